The lowest BCUT2D eigenvalue weighted by molar-refractivity contribution is -0.132. The Morgan fingerprint density at radius 2 is 1.90 bits per heavy atom. The molecule has 2 amide bonds. The summed E-state index contributed by atoms with van der Waals surface area (Å²) in [5.74, 6) is 0.0894. The molecule has 164 valence electrons. The Kier molecular flexibility index (Phi) is 6.34. The van der Waals surface area contributed by atoms with Crippen molar-refractivity contribution in [1.82, 2.24) is 0 Å². The van der Waals surface area contributed by atoms with Crippen molar-refractivity contribution >= 4 is 29.2 Å². The van der Waals surface area contributed by atoms with E-state index in [4.69, 9.17) is 9.47 Å². The number of amides is 2. The number of esters is 1. The second kappa shape index (κ2) is 8.79. The van der Waals surface area contributed by atoms with E-state index in [1.165, 1.54) is 6.92 Å². The number of ether oxygens (including phenoxy) is 2. The average Bonchev–Trinajstić information content (AvgIpc) is 2.78. The molecule has 2 aromatic carbocycles. The Balaban J connectivity index is 1.90. The summed E-state index contributed by atoms with van der Waals surface area (Å²) in [6.07, 6.45) is 0. The number of rotatable bonds is 5. The fourth-order valence-electron chi connectivity index (χ4n) is 3.37. The van der Waals surface area contributed by atoms with E-state index in [-0.39, 0.29) is 29.7 Å². The Bertz CT molecular complexity index is 1010. The zero-order valence-corrected chi connectivity index (χ0v) is 18.5. The van der Waals surface area contributed by atoms with E-state index in [0.29, 0.717) is 23.7 Å². The van der Waals surface area contributed by atoms with Crippen molar-refractivity contribution in [3.63, 3.8) is 0 Å². The molecule has 0 aliphatic carbocycles. The number of benzene rings is 2. The van der Waals surface area contributed by atoms with Crippen molar-refractivity contribution in [2.75, 3.05) is 23.4 Å². The highest BCUT2D eigenvalue weighted by Crippen LogP contribution is 2.38. The van der Waals surface area contributed by atoms with Gasteiger partial charge in [0.2, 0.25) is 5.91 Å². The number of anilines is 2. The minimum absolute atomic E-state index is 0.00652. The molecule has 0 fully saturated rings. The van der Waals surface area contributed by atoms with Gasteiger partial charge in [-0.1, -0.05) is 26.0 Å². The first-order valence-corrected chi connectivity index (χ1v) is 10.3. The molecule has 1 N–H and O–H groups in total. The Labute approximate surface area is 182 Å². The third-order valence-electron chi connectivity index (χ3n) is 4.85. The molecule has 0 bridgehead atoms. The van der Waals surface area contributed by atoms with Crippen LogP contribution in [0.1, 0.15) is 45.0 Å². The van der Waals surface area contributed by atoms with Gasteiger partial charge in [0.05, 0.1) is 16.7 Å². The van der Waals surface area contributed by atoms with Gasteiger partial charge in [-0.3, -0.25) is 14.4 Å². The summed E-state index contributed by atoms with van der Waals surface area (Å²) in [6, 6.07) is 11.8. The summed E-state index contributed by atoms with van der Waals surface area (Å²) in [7, 11) is 0. The van der Waals surface area contributed by atoms with Crippen LogP contribution < -0.4 is 19.7 Å². The van der Waals surface area contributed by atoms with E-state index in [0.717, 1.165) is 0 Å². The minimum atomic E-state index is -0.666. The Morgan fingerprint density at radius 1 is 1.19 bits per heavy atom. The molecule has 7 nitrogen and oxygen atoms in total. The van der Waals surface area contributed by atoms with Crippen LogP contribution >= 0.6 is 0 Å². The molecule has 0 saturated heterocycles. The largest absolute Gasteiger partial charge is 0.490 e. The predicted molar refractivity (Wildman–Crippen MR) is 119 cm³/mol. The summed E-state index contributed by atoms with van der Waals surface area (Å²) in [5, 5.41) is 2.82. The third-order valence-corrected chi connectivity index (χ3v) is 4.85. The second-order valence-electron chi connectivity index (χ2n) is 8.71. The Hall–Kier alpha value is -3.35. The SMILES string of the molecule is CC(=O)Oc1ccccc1C(=O)Nc1ccc2c(c1)OCC(C)(C)C(=O)N2CC(C)C. The maximum Gasteiger partial charge on any atom is 0.308 e. The topological polar surface area (TPSA) is 84.9 Å². The molecule has 0 saturated carbocycles. The van der Waals surface area contributed by atoms with Crippen LogP contribution in [0.4, 0.5) is 11.4 Å². The van der Waals surface area contributed by atoms with Crippen molar-refractivity contribution < 1.29 is 23.9 Å². The van der Waals surface area contributed by atoms with Crippen molar-refractivity contribution in [1.29, 1.82) is 0 Å². The maximum absolute atomic E-state index is 13.1. The van der Waals surface area contributed by atoms with Crippen LogP contribution in [0.2, 0.25) is 0 Å². The fraction of sp³-hybridized carbons (Fsp3) is 0.375. The number of hydrogen-bond acceptors (Lipinski definition) is 5. The summed E-state index contributed by atoms with van der Waals surface area (Å²) in [5.41, 5.74) is 0.771. The molecule has 3 rings (SSSR count). The summed E-state index contributed by atoms with van der Waals surface area (Å²) < 4.78 is 11.1. The zero-order chi connectivity index (χ0) is 22.8. The first-order chi connectivity index (χ1) is 14.6. The maximum atomic E-state index is 13.1. The van der Waals surface area contributed by atoms with Gasteiger partial charge in [0.25, 0.3) is 5.91 Å². The van der Waals surface area contributed by atoms with E-state index in [2.05, 4.69) is 19.2 Å². The van der Waals surface area contributed by atoms with Crippen LogP contribution in [0, 0.1) is 11.3 Å². The molecule has 1 aliphatic rings. The minimum Gasteiger partial charge on any atom is -0.490 e. The number of hydrogen-bond donors (Lipinski definition) is 1. The van der Waals surface area contributed by atoms with Gasteiger partial charge in [-0.05, 0) is 44.0 Å². The fourth-order valence-corrected chi connectivity index (χ4v) is 3.37. The van der Waals surface area contributed by atoms with Crippen molar-refractivity contribution in [3.05, 3.63) is 48.0 Å². The van der Waals surface area contributed by atoms with E-state index in [1.54, 1.807) is 47.4 Å². The number of carbonyl (C=O) groups excluding carboxylic acids is 3. The van der Waals surface area contributed by atoms with Crippen LogP contribution in [-0.4, -0.2) is 30.9 Å². The van der Waals surface area contributed by atoms with Crippen LogP contribution in [0.15, 0.2) is 42.5 Å². The number of nitrogens with zero attached hydrogens (tertiary/aromatic N) is 1. The molecular formula is C24H28N2O5. The molecule has 1 heterocycles. The predicted octanol–water partition coefficient (Wildman–Crippen LogP) is 4.27. The molecule has 0 aromatic heterocycles. The lowest BCUT2D eigenvalue weighted by atomic mass is 9.92. The van der Waals surface area contributed by atoms with Gasteiger partial charge in [0.15, 0.2) is 0 Å². The van der Waals surface area contributed by atoms with Gasteiger partial charge in [-0.25, -0.2) is 0 Å². The van der Waals surface area contributed by atoms with Crippen LogP contribution in [-0.2, 0) is 9.59 Å². The molecule has 31 heavy (non-hydrogen) atoms. The number of carbonyl (C=O) groups is 3. The van der Waals surface area contributed by atoms with E-state index >= 15 is 0 Å². The lowest BCUT2D eigenvalue weighted by Gasteiger charge is -2.29. The van der Waals surface area contributed by atoms with Crippen molar-refractivity contribution in [2.24, 2.45) is 11.3 Å². The summed E-state index contributed by atoms with van der Waals surface area (Å²) in [4.78, 5) is 39.0. The molecule has 2 aromatic rings. The van der Waals surface area contributed by atoms with Gasteiger partial charge in [0, 0.05) is 25.2 Å². The van der Waals surface area contributed by atoms with Crippen LogP contribution in [0.25, 0.3) is 0 Å². The number of fused-ring (bicyclic) bond motifs is 1. The lowest BCUT2D eigenvalue weighted by Crippen LogP contribution is -2.43. The van der Waals surface area contributed by atoms with Gasteiger partial charge in [-0.2, -0.15) is 0 Å². The van der Waals surface area contributed by atoms with Gasteiger partial charge in [0.1, 0.15) is 18.1 Å². The Morgan fingerprint density at radius 3 is 2.58 bits per heavy atom. The third kappa shape index (κ3) is 5.05. The standard InChI is InChI=1S/C24H28N2O5/c1-15(2)13-26-19-11-10-17(12-21(19)30-14-24(4,5)23(26)29)25-22(28)18-8-6-7-9-20(18)31-16(3)27/h6-12,15H,13-14H2,1-5H3,(H,25,28). The molecule has 7 heteroatoms. The van der Waals surface area contributed by atoms with Crippen LogP contribution in [0.3, 0.4) is 0 Å². The molecule has 0 radical (unpaired) electrons. The van der Waals surface area contributed by atoms with Gasteiger partial charge in [-0.15, -0.1) is 0 Å². The van der Waals surface area contributed by atoms with E-state index in [1.807, 2.05) is 13.8 Å². The summed E-state index contributed by atoms with van der Waals surface area (Å²) >= 11 is 0. The molecule has 0 spiro atoms. The molecule has 1 aliphatic heterocycles. The molecular weight excluding hydrogens is 396 g/mol. The summed E-state index contributed by atoms with van der Waals surface area (Å²) in [6.45, 7) is 9.93. The quantitative estimate of drug-likeness (QED) is 0.572. The normalized spacial score (nSPS) is 15.0. The zero-order valence-electron chi connectivity index (χ0n) is 18.5. The smallest absolute Gasteiger partial charge is 0.308 e. The van der Waals surface area contributed by atoms with Crippen LogP contribution in [0.5, 0.6) is 11.5 Å². The highest BCUT2D eigenvalue weighted by molar-refractivity contribution is 6.07. The average molecular weight is 424 g/mol. The van der Waals surface area contributed by atoms with E-state index in [9.17, 15) is 14.4 Å². The highest BCUT2D eigenvalue weighted by Gasteiger charge is 2.38. The van der Waals surface area contributed by atoms with Gasteiger partial charge >= 0.3 is 5.97 Å². The van der Waals surface area contributed by atoms with Crippen molar-refractivity contribution in [3.8, 4) is 11.5 Å². The number of nitrogens with one attached hydrogen (secondary N) is 1. The molecule has 0 unspecified atom stereocenters. The highest BCUT2D eigenvalue weighted by atomic mass is 16.5. The monoisotopic (exact) mass is 424 g/mol. The number of para-hydroxylation sites is 1. The van der Waals surface area contributed by atoms with Crippen molar-refractivity contribution in [2.45, 2.75) is 34.6 Å². The molecule has 0 atom stereocenters. The first-order valence-electron chi connectivity index (χ1n) is 10.3. The first kappa shape index (κ1) is 22.3. The second-order valence-corrected chi connectivity index (χ2v) is 8.71. The van der Waals surface area contributed by atoms with Gasteiger partial charge < -0.3 is 19.7 Å². The van der Waals surface area contributed by atoms with E-state index < -0.39 is 17.3 Å².